The molecule has 0 spiro atoms. The third kappa shape index (κ3) is 1.44. The molecule has 3 heterocycles. The standard InChI is InChI=1S/C12H10N4O/c1-8-9(7-17)6-16(15-8)11-3-5-14-12-10(11)2-4-13-12/h2-7H,1H3,(H,13,14). The summed E-state index contributed by atoms with van der Waals surface area (Å²) in [6.07, 6.45) is 6.09. The number of H-pyrrole nitrogens is 1. The van der Waals surface area contributed by atoms with Crippen molar-refractivity contribution in [3.8, 4) is 5.69 Å². The van der Waals surface area contributed by atoms with E-state index in [0.717, 1.165) is 28.7 Å². The first-order valence-corrected chi connectivity index (χ1v) is 5.23. The lowest BCUT2D eigenvalue weighted by molar-refractivity contribution is 0.112. The fraction of sp³-hybridized carbons (Fsp3) is 0.0833. The van der Waals surface area contributed by atoms with E-state index >= 15 is 0 Å². The van der Waals surface area contributed by atoms with Crippen LogP contribution in [0.4, 0.5) is 0 Å². The van der Waals surface area contributed by atoms with Gasteiger partial charge in [0.25, 0.3) is 0 Å². The third-order valence-corrected chi connectivity index (χ3v) is 2.75. The second-order valence-electron chi connectivity index (χ2n) is 3.80. The lowest BCUT2D eigenvalue weighted by Crippen LogP contribution is -1.96. The van der Waals surface area contributed by atoms with Gasteiger partial charge in [0.2, 0.25) is 0 Å². The molecule has 17 heavy (non-hydrogen) atoms. The minimum atomic E-state index is 0.602. The zero-order valence-corrected chi connectivity index (χ0v) is 9.21. The van der Waals surface area contributed by atoms with Crippen LogP contribution in [-0.2, 0) is 0 Å². The zero-order chi connectivity index (χ0) is 11.8. The van der Waals surface area contributed by atoms with E-state index in [9.17, 15) is 4.79 Å². The van der Waals surface area contributed by atoms with Crippen LogP contribution < -0.4 is 0 Å². The summed E-state index contributed by atoms with van der Waals surface area (Å²) in [6.45, 7) is 1.82. The summed E-state index contributed by atoms with van der Waals surface area (Å²) in [5, 5.41) is 5.30. The van der Waals surface area contributed by atoms with E-state index in [2.05, 4.69) is 15.1 Å². The molecule has 84 valence electrons. The lowest BCUT2D eigenvalue weighted by atomic mass is 10.3. The van der Waals surface area contributed by atoms with Gasteiger partial charge in [-0.2, -0.15) is 5.10 Å². The average Bonchev–Trinajstić information content (AvgIpc) is 2.94. The van der Waals surface area contributed by atoms with E-state index in [1.165, 1.54) is 0 Å². The van der Waals surface area contributed by atoms with Crippen molar-refractivity contribution in [1.29, 1.82) is 0 Å². The van der Waals surface area contributed by atoms with Crippen molar-refractivity contribution in [2.75, 3.05) is 0 Å². The molecule has 1 N–H and O–H groups in total. The molecule has 0 aliphatic carbocycles. The Balaban J connectivity index is 2.26. The molecular weight excluding hydrogens is 216 g/mol. The van der Waals surface area contributed by atoms with Crippen molar-refractivity contribution < 1.29 is 4.79 Å². The third-order valence-electron chi connectivity index (χ3n) is 2.75. The summed E-state index contributed by atoms with van der Waals surface area (Å²) in [7, 11) is 0. The van der Waals surface area contributed by atoms with Crippen molar-refractivity contribution in [3.05, 3.63) is 42.0 Å². The quantitative estimate of drug-likeness (QED) is 0.678. The Bertz CT molecular complexity index is 695. The number of aromatic amines is 1. The van der Waals surface area contributed by atoms with E-state index in [1.807, 2.05) is 25.3 Å². The summed E-state index contributed by atoms with van der Waals surface area (Å²) in [4.78, 5) is 18.1. The first-order valence-electron chi connectivity index (χ1n) is 5.23. The van der Waals surface area contributed by atoms with Gasteiger partial charge in [-0.25, -0.2) is 9.67 Å². The first-order chi connectivity index (χ1) is 8.29. The molecule has 5 nitrogen and oxygen atoms in total. The molecular formula is C12H10N4O. The highest BCUT2D eigenvalue weighted by molar-refractivity contribution is 5.85. The number of rotatable bonds is 2. The smallest absolute Gasteiger partial charge is 0.153 e. The number of fused-ring (bicyclic) bond motifs is 1. The van der Waals surface area contributed by atoms with E-state index in [1.54, 1.807) is 17.1 Å². The van der Waals surface area contributed by atoms with Crippen LogP contribution in [-0.4, -0.2) is 26.0 Å². The monoisotopic (exact) mass is 226 g/mol. The van der Waals surface area contributed by atoms with Gasteiger partial charge in [0.15, 0.2) is 6.29 Å². The molecule has 0 fully saturated rings. The van der Waals surface area contributed by atoms with Crippen molar-refractivity contribution >= 4 is 17.3 Å². The number of carbonyl (C=O) groups is 1. The molecule has 3 aromatic rings. The number of nitrogens with zero attached hydrogens (tertiary/aromatic N) is 3. The van der Waals surface area contributed by atoms with Crippen LogP contribution >= 0.6 is 0 Å². The number of pyridine rings is 1. The van der Waals surface area contributed by atoms with Gasteiger partial charge in [0.05, 0.1) is 16.9 Å². The molecule has 3 rings (SSSR count). The summed E-state index contributed by atoms with van der Waals surface area (Å²) in [6, 6.07) is 3.81. The molecule has 0 aliphatic heterocycles. The molecule has 0 bridgehead atoms. The molecule has 0 saturated carbocycles. The molecule has 0 aliphatic rings. The van der Waals surface area contributed by atoms with Gasteiger partial charge >= 0.3 is 0 Å². The normalized spacial score (nSPS) is 10.9. The van der Waals surface area contributed by atoms with Gasteiger partial charge in [-0.05, 0) is 19.1 Å². The van der Waals surface area contributed by atoms with E-state index in [0.29, 0.717) is 5.56 Å². The van der Waals surface area contributed by atoms with Crippen LogP contribution in [0.5, 0.6) is 0 Å². The van der Waals surface area contributed by atoms with Crippen molar-refractivity contribution in [2.45, 2.75) is 6.92 Å². The minimum absolute atomic E-state index is 0.602. The van der Waals surface area contributed by atoms with Gasteiger partial charge in [0.1, 0.15) is 5.65 Å². The van der Waals surface area contributed by atoms with Crippen molar-refractivity contribution in [1.82, 2.24) is 19.7 Å². The van der Waals surface area contributed by atoms with Crippen molar-refractivity contribution in [2.24, 2.45) is 0 Å². The van der Waals surface area contributed by atoms with Gasteiger partial charge < -0.3 is 4.98 Å². The Morgan fingerprint density at radius 3 is 3.06 bits per heavy atom. The summed E-state index contributed by atoms with van der Waals surface area (Å²) >= 11 is 0. The minimum Gasteiger partial charge on any atom is -0.346 e. The van der Waals surface area contributed by atoms with Crippen LogP contribution in [0.1, 0.15) is 16.1 Å². The number of carbonyl (C=O) groups excluding carboxylic acids is 1. The predicted molar refractivity (Wildman–Crippen MR) is 63.3 cm³/mol. The van der Waals surface area contributed by atoms with Crippen LogP contribution in [0.25, 0.3) is 16.7 Å². The molecule has 3 aromatic heterocycles. The second kappa shape index (κ2) is 3.55. The Labute approximate surface area is 97.1 Å². The van der Waals surface area contributed by atoms with E-state index in [4.69, 9.17) is 0 Å². The number of nitrogens with one attached hydrogen (secondary N) is 1. The highest BCUT2D eigenvalue weighted by Gasteiger charge is 2.08. The Morgan fingerprint density at radius 1 is 1.41 bits per heavy atom. The van der Waals surface area contributed by atoms with Crippen LogP contribution in [0.15, 0.2) is 30.7 Å². The molecule has 0 radical (unpaired) electrons. The molecule has 0 aromatic carbocycles. The SMILES string of the molecule is Cc1nn(-c2ccnc3[nH]ccc23)cc1C=O. The van der Waals surface area contributed by atoms with Gasteiger partial charge in [0, 0.05) is 24.0 Å². The van der Waals surface area contributed by atoms with Crippen molar-refractivity contribution in [3.63, 3.8) is 0 Å². The maximum absolute atomic E-state index is 10.8. The van der Waals surface area contributed by atoms with Crippen LogP contribution in [0.2, 0.25) is 0 Å². The second-order valence-corrected chi connectivity index (χ2v) is 3.80. The first kappa shape index (κ1) is 9.77. The number of aryl methyl sites for hydroxylation is 1. The Hall–Kier alpha value is -2.43. The molecule has 0 atom stereocenters. The fourth-order valence-corrected chi connectivity index (χ4v) is 1.86. The number of aldehydes is 1. The van der Waals surface area contributed by atoms with Crippen LogP contribution in [0.3, 0.4) is 0 Å². The maximum Gasteiger partial charge on any atom is 0.153 e. The van der Waals surface area contributed by atoms with E-state index in [-0.39, 0.29) is 0 Å². The summed E-state index contributed by atoms with van der Waals surface area (Å²) < 4.78 is 1.71. The maximum atomic E-state index is 10.8. The summed E-state index contributed by atoms with van der Waals surface area (Å²) in [5.74, 6) is 0. The molecule has 5 heteroatoms. The number of aromatic nitrogens is 4. The molecule has 0 amide bonds. The van der Waals surface area contributed by atoms with Gasteiger partial charge in [-0.3, -0.25) is 4.79 Å². The van der Waals surface area contributed by atoms with Gasteiger partial charge in [-0.1, -0.05) is 0 Å². The zero-order valence-electron chi connectivity index (χ0n) is 9.21. The predicted octanol–water partition coefficient (Wildman–Crippen LogP) is 1.87. The largest absolute Gasteiger partial charge is 0.346 e. The number of hydrogen-bond acceptors (Lipinski definition) is 3. The van der Waals surface area contributed by atoms with Gasteiger partial charge in [-0.15, -0.1) is 0 Å². The van der Waals surface area contributed by atoms with E-state index < -0.39 is 0 Å². The van der Waals surface area contributed by atoms with Crippen LogP contribution in [0, 0.1) is 6.92 Å². The highest BCUT2D eigenvalue weighted by Crippen LogP contribution is 2.19. The Morgan fingerprint density at radius 2 is 2.29 bits per heavy atom. The average molecular weight is 226 g/mol. The topological polar surface area (TPSA) is 63.6 Å². The molecule has 0 unspecified atom stereocenters. The lowest BCUT2D eigenvalue weighted by Gasteiger charge is -2.01. The fourth-order valence-electron chi connectivity index (χ4n) is 1.86. The molecule has 0 saturated heterocycles. The number of hydrogen-bond donors (Lipinski definition) is 1. The summed E-state index contributed by atoms with van der Waals surface area (Å²) in [5.41, 5.74) is 3.04. The highest BCUT2D eigenvalue weighted by atomic mass is 16.1. The Kier molecular flexibility index (Phi) is 2.04.